The van der Waals surface area contributed by atoms with Crippen LogP contribution in [0.4, 0.5) is 0 Å². The number of nitrogens with zero attached hydrogens (tertiary/aromatic N) is 2. The second-order valence-corrected chi connectivity index (χ2v) is 4.13. The summed E-state index contributed by atoms with van der Waals surface area (Å²) in [5.74, 6) is -0.328. The van der Waals surface area contributed by atoms with Crippen LogP contribution in [0.15, 0.2) is 47.7 Å². The summed E-state index contributed by atoms with van der Waals surface area (Å²) in [6, 6.07) is 10.6. The minimum Gasteiger partial charge on any atom is -0.350 e. The minimum atomic E-state index is -0.328. The maximum Gasteiger partial charge on any atom is 0.272 e. The van der Waals surface area contributed by atoms with Gasteiger partial charge < -0.3 is 4.57 Å². The van der Waals surface area contributed by atoms with Crippen LogP contribution in [0.2, 0.25) is 5.02 Å². The Labute approximate surface area is 110 Å². The lowest BCUT2D eigenvalue weighted by molar-refractivity contribution is 0.0955. The Hall–Kier alpha value is -2.07. The summed E-state index contributed by atoms with van der Waals surface area (Å²) in [7, 11) is 1.90. The molecule has 1 N–H and O–H groups in total. The van der Waals surface area contributed by atoms with Gasteiger partial charge in [-0.1, -0.05) is 23.7 Å². The number of hydrogen-bond donors (Lipinski definition) is 1. The number of halogens is 1. The monoisotopic (exact) mass is 261 g/mol. The third-order valence-corrected chi connectivity index (χ3v) is 2.79. The van der Waals surface area contributed by atoms with Crippen LogP contribution in [-0.4, -0.2) is 16.7 Å². The van der Waals surface area contributed by atoms with Crippen LogP contribution in [0, 0.1) is 0 Å². The molecule has 0 aliphatic heterocycles. The van der Waals surface area contributed by atoms with E-state index in [0.29, 0.717) is 10.6 Å². The zero-order chi connectivity index (χ0) is 13.0. The molecule has 1 aromatic heterocycles. The lowest BCUT2D eigenvalue weighted by atomic mass is 10.2. The number of aromatic nitrogens is 1. The molecule has 2 rings (SSSR count). The predicted octanol–water partition coefficient (Wildman–Crippen LogP) is 2.44. The van der Waals surface area contributed by atoms with Crippen molar-refractivity contribution in [2.24, 2.45) is 12.1 Å². The Morgan fingerprint density at radius 1 is 1.33 bits per heavy atom. The van der Waals surface area contributed by atoms with Crippen molar-refractivity contribution < 1.29 is 4.79 Å². The maximum absolute atomic E-state index is 11.8. The van der Waals surface area contributed by atoms with Gasteiger partial charge in [0, 0.05) is 13.2 Å². The van der Waals surface area contributed by atoms with Gasteiger partial charge in [-0.25, -0.2) is 5.43 Å². The highest BCUT2D eigenvalue weighted by molar-refractivity contribution is 6.33. The Kier molecular flexibility index (Phi) is 3.79. The minimum absolute atomic E-state index is 0.328. The molecule has 92 valence electrons. The number of nitrogens with one attached hydrogen (secondary N) is 1. The lowest BCUT2D eigenvalue weighted by Gasteiger charge is -2.01. The van der Waals surface area contributed by atoms with E-state index in [-0.39, 0.29) is 5.91 Å². The van der Waals surface area contributed by atoms with Crippen molar-refractivity contribution >= 4 is 23.7 Å². The van der Waals surface area contributed by atoms with Gasteiger partial charge in [-0.3, -0.25) is 4.79 Å². The molecule has 5 heteroatoms. The summed E-state index contributed by atoms with van der Waals surface area (Å²) in [6.07, 6.45) is 3.48. The van der Waals surface area contributed by atoms with E-state index >= 15 is 0 Å². The number of benzene rings is 1. The smallest absolute Gasteiger partial charge is 0.272 e. The predicted molar refractivity (Wildman–Crippen MR) is 71.9 cm³/mol. The van der Waals surface area contributed by atoms with Gasteiger partial charge in [0.1, 0.15) is 0 Å². The first-order valence-electron chi connectivity index (χ1n) is 5.38. The first kappa shape index (κ1) is 12.4. The number of carbonyl (C=O) groups is 1. The van der Waals surface area contributed by atoms with Gasteiger partial charge in [0.25, 0.3) is 5.91 Å². The summed E-state index contributed by atoms with van der Waals surface area (Å²) < 4.78 is 1.89. The average Bonchev–Trinajstić information content (AvgIpc) is 2.75. The number of hydrogen-bond acceptors (Lipinski definition) is 2. The van der Waals surface area contributed by atoms with Crippen molar-refractivity contribution in [1.29, 1.82) is 0 Å². The number of amides is 1. The first-order valence-corrected chi connectivity index (χ1v) is 5.75. The molecule has 0 spiro atoms. The molecule has 1 amide bonds. The van der Waals surface area contributed by atoms with Crippen molar-refractivity contribution in [3.8, 4) is 0 Å². The van der Waals surface area contributed by atoms with Crippen LogP contribution in [0.5, 0.6) is 0 Å². The standard InChI is InChI=1S/C13H12ClN3O/c1-17-8-4-5-10(17)9-15-16-13(18)11-6-2-3-7-12(11)14/h2-9H,1H3,(H,16,18). The zero-order valence-corrected chi connectivity index (χ0v) is 10.6. The second-order valence-electron chi connectivity index (χ2n) is 3.72. The summed E-state index contributed by atoms with van der Waals surface area (Å²) in [5.41, 5.74) is 3.74. The van der Waals surface area contributed by atoms with Crippen molar-refractivity contribution in [3.63, 3.8) is 0 Å². The molecular weight excluding hydrogens is 250 g/mol. The van der Waals surface area contributed by atoms with E-state index < -0.39 is 0 Å². The van der Waals surface area contributed by atoms with E-state index in [4.69, 9.17) is 11.6 Å². The van der Waals surface area contributed by atoms with Crippen LogP contribution < -0.4 is 5.43 Å². The van der Waals surface area contributed by atoms with Crippen molar-refractivity contribution in [3.05, 3.63) is 58.9 Å². The van der Waals surface area contributed by atoms with Crippen LogP contribution in [0.25, 0.3) is 0 Å². The lowest BCUT2D eigenvalue weighted by Crippen LogP contribution is -2.18. The molecule has 0 radical (unpaired) electrons. The summed E-state index contributed by atoms with van der Waals surface area (Å²) >= 11 is 5.91. The summed E-state index contributed by atoms with van der Waals surface area (Å²) in [6.45, 7) is 0. The van der Waals surface area contributed by atoms with Gasteiger partial charge >= 0.3 is 0 Å². The fourth-order valence-electron chi connectivity index (χ4n) is 1.47. The van der Waals surface area contributed by atoms with E-state index in [1.807, 2.05) is 29.9 Å². The largest absolute Gasteiger partial charge is 0.350 e. The summed E-state index contributed by atoms with van der Waals surface area (Å²) in [4.78, 5) is 11.8. The summed E-state index contributed by atoms with van der Waals surface area (Å²) in [5, 5.41) is 4.29. The van der Waals surface area contributed by atoms with Crippen LogP contribution in [-0.2, 0) is 7.05 Å². The molecule has 1 aromatic carbocycles. The van der Waals surface area contributed by atoms with Gasteiger partial charge in [-0.2, -0.15) is 5.10 Å². The van der Waals surface area contributed by atoms with Crippen molar-refractivity contribution in [2.75, 3.05) is 0 Å². The molecular formula is C13H12ClN3O. The topological polar surface area (TPSA) is 46.4 Å². The van der Waals surface area contributed by atoms with Gasteiger partial charge in [0.15, 0.2) is 0 Å². The number of aryl methyl sites for hydroxylation is 1. The van der Waals surface area contributed by atoms with E-state index in [9.17, 15) is 4.79 Å². The Bertz CT molecular complexity index is 589. The van der Waals surface area contributed by atoms with Crippen LogP contribution in [0.3, 0.4) is 0 Å². The molecule has 18 heavy (non-hydrogen) atoms. The highest BCUT2D eigenvalue weighted by atomic mass is 35.5. The third-order valence-electron chi connectivity index (χ3n) is 2.47. The van der Waals surface area contributed by atoms with Gasteiger partial charge in [-0.15, -0.1) is 0 Å². The Morgan fingerprint density at radius 3 is 2.78 bits per heavy atom. The van der Waals surface area contributed by atoms with E-state index in [1.165, 1.54) is 0 Å². The normalized spacial score (nSPS) is 10.8. The molecule has 0 saturated carbocycles. The molecule has 2 aromatic rings. The van der Waals surface area contributed by atoms with Gasteiger partial charge in [0.05, 0.1) is 22.5 Å². The maximum atomic E-state index is 11.8. The number of rotatable bonds is 3. The SMILES string of the molecule is Cn1cccc1C=NNC(=O)c1ccccc1Cl. The molecule has 1 heterocycles. The van der Waals surface area contributed by atoms with Gasteiger partial charge in [0.2, 0.25) is 0 Å². The number of hydrazone groups is 1. The highest BCUT2D eigenvalue weighted by Crippen LogP contribution is 2.14. The zero-order valence-electron chi connectivity index (χ0n) is 9.80. The van der Waals surface area contributed by atoms with Crippen LogP contribution >= 0.6 is 11.6 Å². The molecule has 0 atom stereocenters. The fourth-order valence-corrected chi connectivity index (χ4v) is 1.69. The fraction of sp³-hybridized carbons (Fsp3) is 0.0769. The van der Waals surface area contributed by atoms with Crippen LogP contribution in [0.1, 0.15) is 16.1 Å². The molecule has 4 nitrogen and oxygen atoms in total. The third kappa shape index (κ3) is 2.78. The number of carbonyl (C=O) groups excluding carboxylic acids is 1. The molecule has 0 bridgehead atoms. The quantitative estimate of drug-likeness (QED) is 0.669. The van der Waals surface area contributed by atoms with E-state index in [1.54, 1.807) is 30.5 Å². The average molecular weight is 262 g/mol. The van der Waals surface area contributed by atoms with E-state index in [0.717, 1.165) is 5.69 Å². The molecule has 0 aliphatic carbocycles. The highest BCUT2D eigenvalue weighted by Gasteiger charge is 2.07. The molecule has 0 fully saturated rings. The van der Waals surface area contributed by atoms with E-state index in [2.05, 4.69) is 10.5 Å². The molecule has 0 saturated heterocycles. The Morgan fingerprint density at radius 2 is 2.11 bits per heavy atom. The van der Waals surface area contributed by atoms with Gasteiger partial charge in [-0.05, 0) is 24.3 Å². The Balaban J connectivity index is 2.03. The van der Waals surface area contributed by atoms with Crippen molar-refractivity contribution in [2.45, 2.75) is 0 Å². The molecule has 0 aliphatic rings. The first-order chi connectivity index (χ1) is 8.68. The van der Waals surface area contributed by atoms with Crippen molar-refractivity contribution in [1.82, 2.24) is 9.99 Å². The molecule has 0 unspecified atom stereocenters. The second kappa shape index (κ2) is 5.51.